The van der Waals surface area contributed by atoms with Gasteiger partial charge in [-0.3, -0.25) is 4.79 Å². The Hall–Kier alpha value is -3.17. The Kier molecular flexibility index (Phi) is 29.8. The number of rotatable bonds is 6. The average molecular weight is 593 g/mol. The molecule has 1 aliphatic carbocycles. The molecule has 0 N–H and O–H groups in total. The predicted molar refractivity (Wildman–Crippen MR) is 192 cm³/mol. The van der Waals surface area contributed by atoms with Crippen LogP contribution < -0.4 is 0 Å². The quantitative estimate of drug-likeness (QED) is 0.267. The van der Waals surface area contributed by atoms with Gasteiger partial charge in [-0.2, -0.15) is 0 Å². The number of carbonyl (C=O) groups excluding carboxylic acids is 1. The summed E-state index contributed by atoms with van der Waals surface area (Å²) in [6.45, 7) is 27.4. The zero-order chi connectivity index (χ0) is 33.7. The van der Waals surface area contributed by atoms with Crippen LogP contribution in [0.25, 0.3) is 5.57 Å². The summed E-state index contributed by atoms with van der Waals surface area (Å²) in [5.41, 5.74) is 8.10. The molecule has 242 valence electrons. The minimum atomic E-state index is -0.193. The molecule has 43 heavy (non-hydrogen) atoms. The van der Waals surface area contributed by atoms with E-state index < -0.39 is 0 Å². The fraction of sp³-hybridized carbons (Fsp3) is 0.475. The number of hydrogen-bond donors (Lipinski definition) is 0. The second-order valence-electron chi connectivity index (χ2n) is 8.61. The maximum Gasteiger partial charge on any atom is 0.302 e. The first-order chi connectivity index (χ1) is 20.9. The third-order valence-electron chi connectivity index (χ3n) is 6.19. The predicted octanol–water partition coefficient (Wildman–Crippen LogP) is 11.9. The van der Waals surface area contributed by atoms with Gasteiger partial charge < -0.3 is 9.47 Å². The number of methoxy groups -OCH3 is 1. The number of allylic oxidation sites excluding steroid dienone is 2. The number of ether oxygens (including phenoxy) is 2. The van der Waals surface area contributed by atoms with E-state index in [1.807, 2.05) is 62.3 Å². The van der Waals surface area contributed by atoms with E-state index in [1.54, 1.807) is 7.11 Å². The highest BCUT2D eigenvalue weighted by molar-refractivity contribution is 5.84. The van der Waals surface area contributed by atoms with Crippen molar-refractivity contribution in [2.24, 2.45) is 0 Å². The van der Waals surface area contributed by atoms with Gasteiger partial charge in [0, 0.05) is 20.6 Å². The van der Waals surface area contributed by atoms with Crippen LogP contribution in [-0.2, 0) is 19.7 Å². The lowest BCUT2D eigenvalue weighted by Crippen LogP contribution is -2.28. The second-order valence-corrected chi connectivity index (χ2v) is 8.61. The highest BCUT2D eigenvalue weighted by Crippen LogP contribution is 2.53. The number of fused-ring (bicyclic) bond motifs is 1. The fourth-order valence-corrected chi connectivity index (χ4v) is 4.56. The Morgan fingerprint density at radius 3 is 1.35 bits per heavy atom. The SMILES string of the molecule is CC.CC.CC.CC.CC1=C(C)C(c2ccccc2)(c2ccccc2)c2ccccc21.CCCOC.CCCOC(C)=O. The zero-order valence-corrected chi connectivity index (χ0v) is 30.1. The highest BCUT2D eigenvalue weighted by Gasteiger charge is 2.44. The molecule has 4 rings (SSSR count). The Labute approximate surface area is 266 Å². The smallest absolute Gasteiger partial charge is 0.302 e. The lowest BCUT2D eigenvalue weighted by atomic mass is 9.67. The number of benzene rings is 3. The van der Waals surface area contributed by atoms with Crippen LogP contribution in [0.3, 0.4) is 0 Å². The van der Waals surface area contributed by atoms with E-state index in [0.717, 1.165) is 19.4 Å². The van der Waals surface area contributed by atoms with Crippen molar-refractivity contribution in [1.82, 2.24) is 0 Å². The molecular formula is C40H64O3. The molecule has 0 unspecified atom stereocenters. The van der Waals surface area contributed by atoms with Gasteiger partial charge >= 0.3 is 5.97 Å². The number of hydrogen-bond acceptors (Lipinski definition) is 3. The first-order valence-electron chi connectivity index (χ1n) is 16.5. The zero-order valence-electron chi connectivity index (χ0n) is 30.1. The van der Waals surface area contributed by atoms with Crippen molar-refractivity contribution in [2.75, 3.05) is 20.3 Å². The Morgan fingerprint density at radius 2 is 1.02 bits per heavy atom. The summed E-state index contributed by atoms with van der Waals surface area (Å²) in [6, 6.07) is 30.6. The minimum absolute atomic E-state index is 0.177. The second kappa shape index (κ2) is 28.9. The molecule has 3 aromatic carbocycles. The molecule has 0 radical (unpaired) electrons. The van der Waals surface area contributed by atoms with Gasteiger partial charge in [-0.1, -0.05) is 160 Å². The number of carbonyl (C=O) groups is 1. The topological polar surface area (TPSA) is 35.5 Å². The molecule has 0 fully saturated rings. The van der Waals surface area contributed by atoms with Crippen LogP contribution >= 0.6 is 0 Å². The maximum absolute atomic E-state index is 9.98. The standard InChI is InChI=1S/C23H20.C5H10O2.C4H10O.4C2H6/c1-17-18(2)23(19-11-5-3-6-12-19,20-13-7-4-8-14-20)22-16-10-9-15-21(17)22;1-3-4-7-5(2)6;1-3-4-5-2;4*1-2/h3-16H,1-2H3;3-4H2,1-2H3;3-4H2,1-2H3;4*1-2H3. The molecule has 0 bridgehead atoms. The summed E-state index contributed by atoms with van der Waals surface area (Å²) in [4.78, 5) is 9.98. The molecule has 1 aliphatic rings. The van der Waals surface area contributed by atoms with E-state index in [4.69, 9.17) is 4.74 Å². The molecule has 3 aromatic rings. The summed E-state index contributed by atoms with van der Waals surface area (Å²) in [6.07, 6.45) is 2.02. The van der Waals surface area contributed by atoms with Crippen LogP contribution in [0.15, 0.2) is 90.5 Å². The van der Waals surface area contributed by atoms with Gasteiger partial charge in [0.25, 0.3) is 0 Å². The minimum Gasteiger partial charge on any atom is -0.466 e. The molecule has 0 aliphatic heterocycles. The Bertz CT molecular complexity index is 1030. The summed E-state index contributed by atoms with van der Waals surface area (Å²) < 4.78 is 9.24. The third-order valence-corrected chi connectivity index (χ3v) is 6.19. The van der Waals surface area contributed by atoms with Gasteiger partial charge in [-0.25, -0.2) is 0 Å². The van der Waals surface area contributed by atoms with Crippen molar-refractivity contribution in [3.05, 3.63) is 113 Å². The summed E-state index contributed by atoms with van der Waals surface area (Å²) in [5, 5.41) is 0. The van der Waals surface area contributed by atoms with Crippen molar-refractivity contribution in [1.29, 1.82) is 0 Å². The molecule has 0 aromatic heterocycles. The summed E-state index contributed by atoms with van der Waals surface area (Å²) in [7, 11) is 1.71. The molecular weight excluding hydrogens is 528 g/mol. The molecule has 3 nitrogen and oxygen atoms in total. The molecule has 0 atom stereocenters. The largest absolute Gasteiger partial charge is 0.466 e. The molecule has 0 amide bonds. The van der Waals surface area contributed by atoms with Crippen molar-refractivity contribution in [3.8, 4) is 0 Å². The third kappa shape index (κ3) is 13.8. The highest BCUT2D eigenvalue weighted by atomic mass is 16.5. The Balaban J connectivity index is -0.000000668. The van der Waals surface area contributed by atoms with E-state index >= 15 is 0 Å². The lowest BCUT2D eigenvalue weighted by Gasteiger charge is -2.34. The lowest BCUT2D eigenvalue weighted by molar-refractivity contribution is -0.140. The van der Waals surface area contributed by atoms with Crippen LogP contribution in [0.5, 0.6) is 0 Å². The van der Waals surface area contributed by atoms with Gasteiger partial charge in [0.15, 0.2) is 0 Å². The van der Waals surface area contributed by atoms with E-state index in [9.17, 15) is 4.79 Å². The first kappa shape index (κ1) is 44.3. The van der Waals surface area contributed by atoms with E-state index in [-0.39, 0.29) is 11.4 Å². The van der Waals surface area contributed by atoms with Crippen LogP contribution in [-0.4, -0.2) is 26.3 Å². The first-order valence-corrected chi connectivity index (χ1v) is 16.5. The van der Waals surface area contributed by atoms with Gasteiger partial charge in [-0.05, 0) is 54.5 Å². The van der Waals surface area contributed by atoms with Crippen molar-refractivity contribution in [2.45, 2.75) is 108 Å². The van der Waals surface area contributed by atoms with E-state index in [2.05, 4.69) is 110 Å². The summed E-state index contributed by atoms with van der Waals surface area (Å²) >= 11 is 0. The molecule has 3 heteroatoms. The monoisotopic (exact) mass is 592 g/mol. The van der Waals surface area contributed by atoms with Crippen molar-refractivity contribution in [3.63, 3.8) is 0 Å². The average Bonchev–Trinajstić information content (AvgIpc) is 3.32. The van der Waals surface area contributed by atoms with Gasteiger partial charge in [0.05, 0.1) is 12.0 Å². The fourth-order valence-electron chi connectivity index (χ4n) is 4.56. The number of esters is 1. The van der Waals surface area contributed by atoms with E-state index in [0.29, 0.717) is 6.61 Å². The van der Waals surface area contributed by atoms with Gasteiger partial charge in [-0.15, -0.1) is 0 Å². The van der Waals surface area contributed by atoms with Crippen molar-refractivity contribution >= 4 is 11.5 Å². The molecule has 0 heterocycles. The Morgan fingerprint density at radius 1 is 0.628 bits per heavy atom. The normalized spacial score (nSPS) is 11.2. The van der Waals surface area contributed by atoms with Crippen molar-refractivity contribution < 1.29 is 14.3 Å². The summed E-state index contributed by atoms with van der Waals surface area (Å²) in [5.74, 6) is -0.193. The molecule has 0 saturated heterocycles. The maximum atomic E-state index is 9.98. The van der Waals surface area contributed by atoms with Gasteiger partial charge in [0.2, 0.25) is 0 Å². The van der Waals surface area contributed by atoms with Crippen LogP contribution in [0.2, 0.25) is 0 Å². The van der Waals surface area contributed by atoms with Crippen LogP contribution in [0, 0.1) is 0 Å². The van der Waals surface area contributed by atoms with E-state index in [1.165, 1.54) is 40.3 Å². The van der Waals surface area contributed by atoms with Crippen LogP contribution in [0.1, 0.15) is 125 Å². The molecule has 0 saturated carbocycles. The van der Waals surface area contributed by atoms with Gasteiger partial charge in [0.1, 0.15) is 0 Å². The molecule has 0 spiro atoms. The van der Waals surface area contributed by atoms with Crippen LogP contribution in [0.4, 0.5) is 0 Å².